The van der Waals surface area contributed by atoms with Gasteiger partial charge in [-0.05, 0) is 44.6 Å². The van der Waals surface area contributed by atoms with Gasteiger partial charge in [-0.1, -0.05) is 18.2 Å². The second kappa shape index (κ2) is 10.6. The van der Waals surface area contributed by atoms with Gasteiger partial charge in [-0.15, -0.1) is 24.0 Å². The summed E-state index contributed by atoms with van der Waals surface area (Å²) in [6.45, 7) is 6.09. The van der Waals surface area contributed by atoms with Crippen LogP contribution in [0.15, 0.2) is 40.2 Å². The van der Waals surface area contributed by atoms with Gasteiger partial charge < -0.3 is 10.6 Å². The van der Waals surface area contributed by atoms with Crippen molar-refractivity contribution in [2.75, 3.05) is 31.1 Å². The highest BCUT2D eigenvalue weighted by Gasteiger charge is 2.29. The van der Waals surface area contributed by atoms with Crippen LogP contribution in [0.25, 0.3) is 0 Å². The molecule has 0 amide bonds. The van der Waals surface area contributed by atoms with E-state index in [1.165, 1.54) is 18.6 Å². The van der Waals surface area contributed by atoms with Gasteiger partial charge in [-0.3, -0.25) is 4.99 Å². The molecule has 1 aromatic carbocycles. The minimum Gasteiger partial charge on any atom is -0.357 e. The number of nitrogens with zero attached hydrogens (tertiary/aromatic N) is 1. The summed E-state index contributed by atoms with van der Waals surface area (Å²) in [5, 5.41) is 6.32. The van der Waals surface area contributed by atoms with Crippen LogP contribution in [-0.4, -0.2) is 50.3 Å². The Kier molecular flexibility index (Phi) is 9.58. The zero-order valence-electron chi connectivity index (χ0n) is 14.8. The highest BCUT2D eigenvalue weighted by Crippen LogP contribution is 2.37. The molecule has 0 saturated carbocycles. The standard InChI is InChI=1S/C17H27N3O2S2.HI/c1-3-18-16(20-14-17(2)10-7-12-23-17)19-11-13-24(21,22)15-8-5-4-6-9-15;/h4-6,8-9H,3,7,10-14H2,1-2H3,(H2,18,19,20);1H. The van der Waals surface area contributed by atoms with Gasteiger partial charge >= 0.3 is 0 Å². The summed E-state index contributed by atoms with van der Waals surface area (Å²) in [6, 6.07) is 8.56. The van der Waals surface area contributed by atoms with E-state index in [0.29, 0.717) is 17.4 Å². The summed E-state index contributed by atoms with van der Waals surface area (Å²) in [4.78, 5) is 5.00. The van der Waals surface area contributed by atoms with Gasteiger partial charge in [0, 0.05) is 17.8 Å². The fourth-order valence-corrected chi connectivity index (χ4v) is 5.00. The Morgan fingerprint density at radius 2 is 2.00 bits per heavy atom. The fraction of sp³-hybridized carbons (Fsp3) is 0.588. The van der Waals surface area contributed by atoms with Crippen LogP contribution >= 0.6 is 35.7 Å². The van der Waals surface area contributed by atoms with Crippen LogP contribution in [-0.2, 0) is 9.84 Å². The smallest absolute Gasteiger partial charge is 0.191 e. The van der Waals surface area contributed by atoms with Crippen molar-refractivity contribution >= 4 is 51.5 Å². The number of hydrogen-bond acceptors (Lipinski definition) is 4. The van der Waals surface area contributed by atoms with Gasteiger partial charge in [0.05, 0.1) is 17.2 Å². The minimum atomic E-state index is -3.26. The SMILES string of the molecule is CCNC(=NCC1(C)CCCS1)NCCS(=O)(=O)c1ccccc1.I. The van der Waals surface area contributed by atoms with E-state index in [9.17, 15) is 8.42 Å². The Labute approximate surface area is 172 Å². The Morgan fingerprint density at radius 3 is 2.60 bits per heavy atom. The van der Waals surface area contributed by atoms with E-state index in [-0.39, 0.29) is 34.5 Å². The maximum absolute atomic E-state index is 12.3. The highest BCUT2D eigenvalue weighted by atomic mass is 127. The summed E-state index contributed by atoms with van der Waals surface area (Å²) in [5.74, 6) is 1.94. The first kappa shape index (κ1) is 22.6. The molecule has 2 N–H and O–H groups in total. The van der Waals surface area contributed by atoms with Crippen molar-refractivity contribution in [1.29, 1.82) is 0 Å². The van der Waals surface area contributed by atoms with Gasteiger partial charge in [-0.2, -0.15) is 11.8 Å². The van der Waals surface area contributed by atoms with Gasteiger partial charge in [0.1, 0.15) is 0 Å². The molecule has 142 valence electrons. The van der Waals surface area contributed by atoms with Gasteiger partial charge in [0.15, 0.2) is 15.8 Å². The maximum atomic E-state index is 12.3. The predicted molar refractivity (Wildman–Crippen MR) is 118 cm³/mol. The molecule has 0 radical (unpaired) electrons. The van der Waals surface area contributed by atoms with E-state index >= 15 is 0 Å². The Hall–Kier alpha value is -0.480. The van der Waals surface area contributed by atoms with E-state index in [2.05, 4.69) is 22.5 Å². The van der Waals surface area contributed by atoms with Crippen molar-refractivity contribution in [3.63, 3.8) is 0 Å². The number of nitrogens with one attached hydrogen (secondary N) is 2. The minimum absolute atomic E-state index is 0. The quantitative estimate of drug-likeness (QED) is 0.345. The lowest BCUT2D eigenvalue weighted by atomic mass is 10.1. The van der Waals surface area contributed by atoms with Crippen molar-refractivity contribution in [3.8, 4) is 0 Å². The largest absolute Gasteiger partial charge is 0.357 e. The van der Waals surface area contributed by atoms with Gasteiger partial charge in [-0.25, -0.2) is 8.42 Å². The van der Waals surface area contributed by atoms with Crippen molar-refractivity contribution in [2.45, 2.75) is 36.3 Å². The van der Waals surface area contributed by atoms with Gasteiger partial charge in [0.2, 0.25) is 0 Å². The molecule has 1 saturated heterocycles. The van der Waals surface area contributed by atoms with E-state index in [0.717, 1.165) is 13.1 Å². The number of aliphatic imine (C=N–C) groups is 1. The number of halogens is 1. The molecule has 1 fully saturated rings. The molecule has 8 heteroatoms. The predicted octanol–water partition coefficient (Wildman–Crippen LogP) is 2.92. The Balaban J connectivity index is 0.00000312. The third-order valence-electron chi connectivity index (χ3n) is 3.98. The zero-order chi connectivity index (χ0) is 17.5. The fourth-order valence-electron chi connectivity index (χ4n) is 2.60. The van der Waals surface area contributed by atoms with E-state index in [1.54, 1.807) is 24.3 Å². The third-order valence-corrected chi connectivity index (χ3v) is 7.24. The molecule has 25 heavy (non-hydrogen) atoms. The highest BCUT2D eigenvalue weighted by molar-refractivity contribution is 14.0. The lowest BCUT2D eigenvalue weighted by Crippen LogP contribution is -2.40. The molecule has 1 unspecified atom stereocenters. The molecule has 0 aromatic heterocycles. The Morgan fingerprint density at radius 1 is 1.28 bits per heavy atom. The number of thioether (sulfide) groups is 1. The molecular weight excluding hydrogens is 469 g/mol. The molecule has 5 nitrogen and oxygen atoms in total. The van der Waals surface area contributed by atoms with Crippen LogP contribution in [0.2, 0.25) is 0 Å². The van der Waals surface area contributed by atoms with Crippen LogP contribution in [0.4, 0.5) is 0 Å². The number of rotatable bonds is 7. The Bertz CT molecular complexity index is 645. The summed E-state index contributed by atoms with van der Waals surface area (Å²) in [5.41, 5.74) is 0. The molecule has 0 bridgehead atoms. The number of sulfone groups is 1. The van der Waals surface area contributed by atoms with Gasteiger partial charge in [0.25, 0.3) is 0 Å². The first-order valence-corrected chi connectivity index (χ1v) is 11.0. The first-order valence-electron chi connectivity index (χ1n) is 8.39. The van der Waals surface area contributed by atoms with Crippen molar-refractivity contribution in [1.82, 2.24) is 10.6 Å². The monoisotopic (exact) mass is 497 g/mol. The molecular formula is C17H28IN3O2S2. The zero-order valence-corrected chi connectivity index (χ0v) is 18.8. The maximum Gasteiger partial charge on any atom is 0.191 e. The van der Waals surface area contributed by atoms with E-state index in [4.69, 9.17) is 0 Å². The van der Waals surface area contributed by atoms with Crippen molar-refractivity contribution in [3.05, 3.63) is 30.3 Å². The van der Waals surface area contributed by atoms with E-state index in [1.807, 2.05) is 24.8 Å². The average Bonchev–Trinajstić information content (AvgIpc) is 3.00. The molecule has 1 heterocycles. The second-order valence-corrected chi connectivity index (χ2v) is 9.95. The van der Waals surface area contributed by atoms with Crippen LogP contribution < -0.4 is 10.6 Å². The molecule has 1 aliphatic heterocycles. The molecule has 1 atom stereocenters. The van der Waals surface area contributed by atoms with Crippen LogP contribution in [0.1, 0.15) is 26.7 Å². The number of hydrogen-bond donors (Lipinski definition) is 2. The van der Waals surface area contributed by atoms with Crippen molar-refractivity contribution < 1.29 is 8.42 Å². The lowest BCUT2D eigenvalue weighted by Gasteiger charge is -2.21. The first-order chi connectivity index (χ1) is 11.5. The number of benzene rings is 1. The summed E-state index contributed by atoms with van der Waals surface area (Å²) < 4.78 is 24.8. The van der Waals surface area contributed by atoms with Crippen LogP contribution in [0.3, 0.4) is 0 Å². The molecule has 2 rings (SSSR count). The van der Waals surface area contributed by atoms with E-state index < -0.39 is 9.84 Å². The molecule has 0 spiro atoms. The summed E-state index contributed by atoms with van der Waals surface area (Å²) >= 11 is 1.97. The van der Waals surface area contributed by atoms with Crippen LogP contribution in [0, 0.1) is 0 Å². The summed E-state index contributed by atoms with van der Waals surface area (Å²) in [7, 11) is -3.26. The normalized spacial score (nSPS) is 20.8. The molecule has 1 aliphatic rings. The third kappa shape index (κ3) is 7.34. The number of guanidine groups is 1. The topological polar surface area (TPSA) is 70.6 Å². The van der Waals surface area contributed by atoms with Crippen molar-refractivity contribution in [2.24, 2.45) is 4.99 Å². The van der Waals surface area contributed by atoms with Crippen LogP contribution in [0.5, 0.6) is 0 Å². The average molecular weight is 497 g/mol. The lowest BCUT2D eigenvalue weighted by molar-refractivity contribution is 0.594. The second-order valence-electron chi connectivity index (χ2n) is 6.16. The molecule has 0 aliphatic carbocycles. The molecule has 1 aromatic rings. The summed E-state index contributed by atoms with van der Waals surface area (Å²) in [6.07, 6.45) is 2.43.